The lowest BCUT2D eigenvalue weighted by atomic mass is 9.74. The predicted molar refractivity (Wildman–Crippen MR) is 137 cm³/mol. The number of nitrogens with zero attached hydrogens (tertiary/aromatic N) is 3. The minimum absolute atomic E-state index is 0.0227. The Balaban J connectivity index is 1.74. The maximum atomic E-state index is 13.5. The largest absolute Gasteiger partial charge is 0.475 e. The highest BCUT2D eigenvalue weighted by molar-refractivity contribution is 6.43. The second-order valence-corrected chi connectivity index (χ2v) is 10.1. The van der Waals surface area contributed by atoms with Gasteiger partial charge in [0.15, 0.2) is 0 Å². The molecule has 2 heterocycles. The van der Waals surface area contributed by atoms with Gasteiger partial charge >= 0.3 is 7.12 Å². The third-order valence-corrected chi connectivity index (χ3v) is 6.02. The SMILES string of the molecule is Cc1cc(C(=O)NCC2=NOC(Cc3ccccc3)(C(=O)NC(CC(C)C)B(O)O)C2)n(C(C)C)n1. The fourth-order valence-corrected chi connectivity index (χ4v) is 4.28. The van der Waals surface area contributed by atoms with E-state index in [1.165, 1.54) is 0 Å². The molecule has 2 aromatic rings. The van der Waals surface area contributed by atoms with E-state index in [1.807, 2.05) is 65.0 Å². The van der Waals surface area contributed by atoms with E-state index in [0.717, 1.165) is 11.3 Å². The van der Waals surface area contributed by atoms with E-state index in [2.05, 4.69) is 20.9 Å². The molecule has 1 aliphatic rings. The molecule has 0 bridgehead atoms. The molecule has 0 fully saturated rings. The third kappa shape index (κ3) is 6.73. The van der Waals surface area contributed by atoms with Crippen molar-refractivity contribution in [1.29, 1.82) is 0 Å². The van der Waals surface area contributed by atoms with Crippen LogP contribution in [-0.4, -0.2) is 62.6 Å². The molecule has 11 heteroatoms. The zero-order valence-electron chi connectivity index (χ0n) is 21.6. The van der Waals surface area contributed by atoms with Crippen LogP contribution in [0.5, 0.6) is 0 Å². The van der Waals surface area contributed by atoms with E-state index in [4.69, 9.17) is 4.84 Å². The molecule has 194 valence electrons. The van der Waals surface area contributed by atoms with Crippen molar-refractivity contribution in [2.75, 3.05) is 6.54 Å². The maximum absolute atomic E-state index is 13.5. The molecule has 0 radical (unpaired) electrons. The Hall–Kier alpha value is -3.18. The standard InChI is InChI=1S/C25H36BN5O5/c1-16(2)11-22(26(34)35)28-24(33)25(13-19-9-7-6-8-10-19)14-20(30-36-25)15-27-23(32)21-12-18(5)29-31(21)17(3)4/h6-10,12,16-17,22,34-35H,11,13-15H2,1-5H3,(H,27,32)(H,28,33). The van der Waals surface area contributed by atoms with Gasteiger partial charge in [0, 0.05) is 18.9 Å². The zero-order valence-corrected chi connectivity index (χ0v) is 21.6. The van der Waals surface area contributed by atoms with Gasteiger partial charge in [0.05, 0.1) is 23.9 Å². The highest BCUT2D eigenvalue weighted by Crippen LogP contribution is 2.29. The first-order valence-electron chi connectivity index (χ1n) is 12.3. The molecule has 0 spiro atoms. The lowest BCUT2D eigenvalue weighted by Gasteiger charge is -2.29. The molecule has 0 saturated heterocycles. The van der Waals surface area contributed by atoms with Crippen molar-refractivity contribution in [1.82, 2.24) is 20.4 Å². The molecule has 0 aliphatic carbocycles. The number of aromatic nitrogens is 2. The molecular formula is C25H36BN5O5. The van der Waals surface area contributed by atoms with Gasteiger partial charge in [-0.25, -0.2) is 0 Å². The predicted octanol–water partition coefficient (Wildman–Crippen LogP) is 1.80. The number of carbonyl (C=O) groups is 2. The van der Waals surface area contributed by atoms with E-state index in [1.54, 1.807) is 10.7 Å². The second kappa shape index (κ2) is 11.7. The van der Waals surface area contributed by atoms with Crippen molar-refractivity contribution in [2.45, 2.75) is 71.5 Å². The molecule has 1 aromatic heterocycles. The molecule has 2 atom stereocenters. The number of amides is 2. The lowest BCUT2D eigenvalue weighted by molar-refractivity contribution is -0.144. The summed E-state index contributed by atoms with van der Waals surface area (Å²) in [6.45, 7) is 9.70. The van der Waals surface area contributed by atoms with Gasteiger partial charge in [-0.2, -0.15) is 5.10 Å². The monoisotopic (exact) mass is 497 g/mol. The molecule has 0 saturated carbocycles. The number of rotatable bonds is 11. The van der Waals surface area contributed by atoms with Gasteiger partial charge in [-0.05, 0) is 44.7 Å². The van der Waals surface area contributed by atoms with Crippen LogP contribution in [-0.2, 0) is 16.1 Å². The van der Waals surface area contributed by atoms with Gasteiger partial charge in [0.25, 0.3) is 11.8 Å². The van der Waals surface area contributed by atoms with Crippen molar-refractivity contribution in [3.05, 3.63) is 53.3 Å². The fraction of sp³-hybridized carbons (Fsp3) is 0.520. The van der Waals surface area contributed by atoms with Crippen LogP contribution in [0.2, 0.25) is 0 Å². The molecule has 1 aromatic carbocycles. The summed E-state index contributed by atoms with van der Waals surface area (Å²) >= 11 is 0. The highest BCUT2D eigenvalue weighted by Gasteiger charge is 2.48. The lowest BCUT2D eigenvalue weighted by Crippen LogP contribution is -2.56. The highest BCUT2D eigenvalue weighted by atomic mass is 16.7. The van der Waals surface area contributed by atoms with E-state index in [0.29, 0.717) is 17.8 Å². The minimum Gasteiger partial charge on any atom is -0.426 e. The summed E-state index contributed by atoms with van der Waals surface area (Å²) in [5.74, 6) is -1.49. The Labute approximate surface area is 212 Å². The first kappa shape index (κ1) is 27.4. The van der Waals surface area contributed by atoms with E-state index >= 15 is 0 Å². The summed E-state index contributed by atoms with van der Waals surface area (Å²) in [5.41, 5.74) is 1.20. The molecular weight excluding hydrogens is 461 g/mol. The minimum atomic E-state index is -1.71. The van der Waals surface area contributed by atoms with Crippen LogP contribution in [0.3, 0.4) is 0 Å². The van der Waals surface area contributed by atoms with Crippen molar-refractivity contribution in [2.24, 2.45) is 11.1 Å². The summed E-state index contributed by atoms with van der Waals surface area (Å²) in [4.78, 5) is 32.1. The molecule has 10 nitrogen and oxygen atoms in total. The normalized spacial score (nSPS) is 18.1. The molecule has 4 N–H and O–H groups in total. The van der Waals surface area contributed by atoms with Crippen LogP contribution in [0, 0.1) is 12.8 Å². The van der Waals surface area contributed by atoms with Crippen LogP contribution in [0.1, 0.15) is 68.3 Å². The van der Waals surface area contributed by atoms with Crippen LogP contribution in [0.4, 0.5) is 0 Å². The number of benzene rings is 1. The number of oxime groups is 1. The average molecular weight is 497 g/mol. The Morgan fingerprint density at radius 3 is 2.50 bits per heavy atom. The number of carbonyl (C=O) groups excluding carboxylic acids is 2. The molecule has 2 amide bonds. The molecule has 3 rings (SSSR count). The average Bonchev–Trinajstić information content (AvgIpc) is 3.42. The van der Waals surface area contributed by atoms with Gasteiger partial charge in [0.2, 0.25) is 5.60 Å². The van der Waals surface area contributed by atoms with Crippen LogP contribution < -0.4 is 10.6 Å². The maximum Gasteiger partial charge on any atom is 0.475 e. The zero-order chi connectivity index (χ0) is 26.5. The van der Waals surface area contributed by atoms with Gasteiger partial charge in [-0.1, -0.05) is 49.3 Å². The first-order chi connectivity index (χ1) is 17.0. The number of hydrogen-bond donors (Lipinski definition) is 4. The first-order valence-corrected chi connectivity index (χ1v) is 12.3. The van der Waals surface area contributed by atoms with Gasteiger partial charge in [-0.3, -0.25) is 14.3 Å². The number of nitrogens with one attached hydrogen (secondary N) is 2. The van der Waals surface area contributed by atoms with Crippen LogP contribution >= 0.6 is 0 Å². The summed E-state index contributed by atoms with van der Waals surface area (Å²) in [6, 6.07) is 11.2. The van der Waals surface area contributed by atoms with E-state index in [-0.39, 0.29) is 37.3 Å². The Morgan fingerprint density at radius 1 is 1.19 bits per heavy atom. The van der Waals surface area contributed by atoms with Gasteiger partial charge in [-0.15, -0.1) is 0 Å². The topological polar surface area (TPSA) is 138 Å². The fourth-order valence-electron chi connectivity index (χ4n) is 4.28. The summed E-state index contributed by atoms with van der Waals surface area (Å²) in [5, 5.41) is 33.7. The van der Waals surface area contributed by atoms with Crippen LogP contribution in [0.25, 0.3) is 0 Å². The van der Waals surface area contributed by atoms with E-state index in [9.17, 15) is 19.6 Å². The van der Waals surface area contributed by atoms with Gasteiger partial charge < -0.3 is 25.5 Å². The Bertz CT molecular complexity index is 1090. The van der Waals surface area contributed by atoms with Crippen LogP contribution in [0.15, 0.2) is 41.6 Å². The Kier molecular flexibility index (Phi) is 8.91. The smallest absolute Gasteiger partial charge is 0.426 e. The number of aryl methyl sites for hydroxylation is 1. The third-order valence-electron chi connectivity index (χ3n) is 6.02. The second-order valence-electron chi connectivity index (χ2n) is 10.1. The molecule has 2 unspecified atom stereocenters. The summed E-state index contributed by atoms with van der Waals surface area (Å²) in [7, 11) is -1.71. The summed E-state index contributed by atoms with van der Waals surface area (Å²) in [6.07, 6.45) is 0.764. The van der Waals surface area contributed by atoms with Crippen molar-refractivity contribution >= 4 is 24.6 Å². The van der Waals surface area contributed by atoms with Gasteiger partial charge in [0.1, 0.15) is 5.69 Å². The van der Waals surface area contributed by atoms with E-state index < -0.39 is 24.6 Å². The number of hydrogen-bond acceptors (Lipinski definition) is 7. The molecule has 1 aliphatic heterocycles. The van der Waals surface area contributed by atoms with Crippen molar-refractivity contribution < 1.29 is 24.5 Å². The summed E-state index contributed by atoms with van der Waals surface area (Å²) < 4.78 is 1.67. The van der Waals surface area contributed by atoms with Crippen molar-refractivity contribution in [3.8, 4) is 0 Å². The molecule has 36 heavy (non-hydrogen) atoms. The van der Waals surface area contributed by atoms with Crippen molar-refractivity contribution in [3.63, 3.8) is 0 Å². The quantitative estimate of drug-likeness (QED) is 0.350. The Morgan fingerprint density at radius 2 is 1.89 bits per heavy atom.